The summed E-state index contributed by atoms with van der Waals surface area (Å²) in [5.41, 5.74) is -1.44. The van der Waals surface area contributed by atoms with Gasteiger partial charge in [0.05, 0.1) is 25.4 Å². The summed E-state index contributed by atoms with van der Waals surface area (Å²) in [6.45, 7) is -1.44. The van der Waals surface area contributed by atoms with Crippen LogP contribution in [0.5, 0.6) is 11.5 Å². The molecule has 2 amide bonds. The van der Waals surface area contributed by atoms with Gasteiger partial charge in [0.15, 0.2) is 5.75 Å². The lowest BCUT2D eigenvalue weighted by Gasteiger charge is -2.31. The number of hydrogen-bond donors (Lipinski definition) is 3. The smallest absolute Gasteiger partial charge is 0.451 e. The maximum absolute atomic E-state index is 14.7. The number of ether oxygens (including phenoxy) is 2. The van der Waals surface area contributed by atoms with Gasteiger partial charge in [-0.2, -0.15) is 31.4 Å². The van der Waals surface area contributed by atoms with Crippen molar-refractivity contribution in [1.82, 2.24) is 30.0 Å². The molecule has 1 aliphatic heterocycles. The first kappa shape index (κ1) is 30.6. The number of nitrogens with zero attached hydrogens (tertiary/aromatic N) is 5. The molecule has 0 spiro atoms. The van der Waals surface area contributed by atoms with Crippen molar-refractivity contribution in [2.45, 2.75) is 54.8 Å². The van der Waals surface area contributed by atoms with Gasteiger partial charge in [0.25, 0.3) is 5.91 Å². The van der Waals surface area contributed by atoms with Gasteiger partial charge < -0.3 is 25.6 Å². The van der Waals surface area contributed by atoms with Crippen LogP contribution in [0, 0.1) is 0 Å². The first-order chi connectivity index (χ1) is 22.1. The SMILES string of the molecule is COc1cc(C(=O)NCC(O)(c2cc3c(c(-c4cnc(C(F)(F)F)nc4)n2)OC2C[C@@]32C(N)=O)C(F)(F)F)cc2cn(C3CC3)nc12. The van der Waals surface area contributed by atoms with Gasteiger partial charge in [-0.25, -0.2) is 15.0 Å². The van der Waals surface area contributed by atoms with Crippen LogP contribution in [0.3, 0.4) is 0 Å². The topological polar surface area (TPSA) is 167 Å². The number of fused-ring (bicyclic) bond motifs is 4. The fraction of sp³-hybridized carbons (Fsp3) is 0.379. The lowest BCUT2D eigenvalue weighted by atomic mass is 9.89. The highest BCUT2D eigenvalue weighted by atomic mass is 19.4. The van der Waals surface area contributed by atoms with E-state index in [4.69, 9.17) is 15.2 Å². The van der Waals surface area contributed by atoms with E-state index < -0.39 is 65.0 Å². The van der Waals surface area contributed by atoms with Crippen molar-refractivity contribution in [3.05, 3.63) is 59.4 Å². The van der Waals surface area contributed by atoms with Crippen molar-refractivity contribution in [3.8, 4) is 22.8 Å². The van der Waals surface area contributed by atoms with Crippen molar-refractivity contribution in [2.75, 3.05) is 13.7 Å². The number of amides is 2. The molecule has 4 N–H and O–H groups in total. The number of halogens is 6. The molecule has 0 radical (unpaired) electrons. The molecule has 246 valence electrons. The van der Waals surface area contributed by atoms with Crippen LogP contribution in [0.2, 0.25) is 0 Å². The summed E-state index contributed by atoms with van der Waals surface area (Å²) in [6.07, 6.45) is -6.32. The average Bonchev–Trinajstić information content (AvgIpc) is 3.93. The van der Waals surface area contributed by atoms with Crippen LogP contribution >= 0.6 is 0 Å². The van der Waals surface area contributed by atoms with E-state index in [2.05, 4.69) is 25.4 Å². The third-order valence-electron chi connectivity index (χ3n) is 8.62. The normalized spacial score (nSPS) is 21.4. The van der Waals surface area contributed by atoms with E-state index in [0.29, 0.717) is 23.3 Å². The fourth-order valence-electron chi connectivity index (χ4n) is 5.76. The van der Waals surface area contributed by atoms with E-state index in [1.165, 1.54) is 19.2 Å². The monoisotopic (exact) mass is 663 g/mol. The number of carbonyl (C=O) groups is 2. The van der Waals surface area contributed by atoms with Crippen molar-refractivity contribution in [2.24, 2.45) is 5.73 Å². The molecule has 18 heteroatoms. The van der Waals surface area contributed by atoms with Crippen LogP contribution in [-0.2, 0) is 22.0 Å². The third-order valence-corrected chi connectivity index (χ3v) is 8.62. The molecule has 12 nitrogen and oxygen atoms in total. The van der Waals surface area contributed by atoms with E-state index >= 15 is 0 Å². The highest BCUT2D eigenvalue weighted by Gasteiger charge is 2.69. The number of alkyl halides is 6. The predicted molar refractivity (Wildman–Crippen MR) is 147 cm³/mol. The van der Waals surface area contributed by atoms with Gasteiger partial charge in [-0.05, 0) is 31.0 Å². The maximum Gasteiger partial charge on any atom is 0.451 e. The predicted octanol–water partition coefficient (Wildman–Crippen LogP) is 3.32. The molecule has 4 aromatic rings. The highest BCUT2D eigenvalue weighted by molar-refractivity contribution is 6.00. The van der Waals surface area contributed by atoms with Crippen molar-refractivity contribution < 1.29 is 50.5 Å². The van der Waals surface area contributed by atoms with Gasteiger partial charge in [0.2, 0.25) is 17.3 Å². The van der Waals surface area contributed by atoms with Crippen LogP contribution in [0.1, 0.15) is 52.7 Å². The summed E-state index contributed by atoms with van der Waals surface area (Å²) in [6, 6.07) is 3.73. The van der Waals surface area contributed by atoms with E-state index in [1.54, 1.807) is 10.9 Å². The first-order valence-corrected chi connectivity index (χ1v) is 14.1. The van der Waals surface area contributed by atoms with Gasteiger partial charge in [-0.1, -0.05) is 0 Å². The number of nitrogens with one attached hydrogen (secondary N) is 1. The lowest BCUT2D eigenvalue weighted by molar-refractivity contribution is -0.265. The Morgan fingerprint density at radius 3 is 2.45 bits per heavy atom. The zero-order chi connectivity index (χ0) is 33.7. The number of primary amides is 1. The zero-order valence-electron chi connectivity index (χ0n) is 24.1. The Hall–Kier alpha value is -5.00. The number of rotatable bonds is 8. The zero-order valence-corrected chi connectivity index (χ0v) is 24.1. The van der Waals surface area contributed by atoms with Crippen LogP contribution in [0.4, 0.5) is 26.3 Å². The summed E-state index contributed by atoms with van der Waals surface area (Å²) in [5.74, 6) is -3.45. The Kier molecular flexibility index (Phi) is 6.52. The molecule has 3 aromatic heterocycles. The van der Waals surface area contributed by atoms with E-state index in [0.717, 1.165) is 18.9 Å². The summed E-state index contributed by atoms with van der Waals surface area (Å²) in [5, 5.41) is 18.3. The number of aliphatic hydroxyl groups is 1. The van der Waals surface area contributed by atoms with E-state index in [9.17, 15) is 41.0 Å². The molecule has 4 heterocycles. The summed E-state index contributed by atoms with van der Waals surface area (Å²) in [7, 11) is 1.35. The molecular formula is C29H23F6N7O5. The molecule has 2 unspecified atom stereocenters. The van der Waals surface area contributed by atoms with Crippen molar-refractivity contribution in [3.63, 3.8) is 0 Å². The third kappa shape index (κ3) is 4.80. The maximum atomic E-state index is 14.7. The molecule has 2 fully saturated rings. The fourth-order valence-corrected chi connectivity index (χ4v) is 5.76. The number of nitrogens with two attached hydrogens (primary N) is 1. The number of carbonyl (C=O) groups excluding carboxylic acids is 2. The van der Waals surface area contributed by atoms with Gasteiger partial charge in [0, 0.05) is 47.1 Å². The number of methoxy groups -OCH3 is 1. The molecule has 47 heavy (non-hydrogen) atoms. The van der Waals surface area contributed by atoms with Gasteiger partial charge in [-0.15, -0.1) is 0 Å². The van der Waals surface area contributed by atoms with Crippen LogP contribution in [0.25, 0.3) is 22.2 Å². The van der Waals surface area contributed by atoms with Gasteiger partial charge in [0.1, 0.15) is 28.5 Å². The molecule has 2 saturated carbocycles. The Bertz CT molecular complexity index is 1960. The van der Waals surface area contributed by atoms with Gasteiger partial charge >= 0.3 is 12.4 Å². The minimum absolute atomic E-state index is 0.0184. The molecule has 3 atom stereocenters. The lowest BCUT2D eigenvalue weighted by Crippen LogP contribution is -2.51. The second-order valence-corrected chi connectivity index (χ2v) is 11.7. The Morgan fingerprint density at radius 2 is 1.85 bits per heavy atom. The molecule has 2 aliphatic carbocycles. The molecular weight excluding hydrogens is 640 g/mol. The summed E-state index contributed by atoms with van der Waals surface area (Å²) in [4.78, 5) is 36.1. The molecule has 0 saturated heterocycles. The second-order valence-electron chi connectivity index (χ2n) is 11.7. The Morgan fingerprint density at radius 1 is 1.15 bits per heavy atom. The average molecular weight is 664 g/mol. The van der Waals surface area contributed by atoms with Crippen LogP contribution in [-0.4, -0.2) is 67.6 Å². The summed E-state index contributed by atoms with van der Waals surface area (Å²) < 4.78 is 96.3. The molecule has 7 rings (SSSR count). The molecule has 0 bridgehead atoms. The standard InChI is InChI=1S/C29H23F6N7O5/c1-46-17-5-12(4-13-10-42(15-2-3-15)41-20(13)17)23(43)39-11-27(45,29(33,34)35)18-6-16-22(47-19-7-26(16,19)24(36)44)21(40-18)14-8-37-25(38-9-14)28(30,31)32/h4-6,8-10,15,19,45H,2-3,7,11H2,1H3,(H2,36,44)(H,39,43)/t19?,26-,27?/m1/s1. The Balaban J connectivity index is 1.27. The number of benzene rings is 1. The number of pyridine rings is 1. The van der Waals surface area contributed by atoms with E-state index in [1.807, 2.05) is 0 Å². The summed E-state index contributed by atoms with van der Waals surface area (Å²) >= 11 is 0. The van der Waals surface area contributed by atoms with Gasteiger partial charge in [-0.3, -0.25) is 14.3 Å². The minimum Gasteiger partial charge on any atom is -0.494 e. The quantitative estimate of drug-likeness (QED) is 0.240. The van der Waals surface area contributed by atoms with Crippen LogP contribution < -0.4 is 20.5 Å². The molecule has 1 aromatic carbocycles. The van der Waals surface area contributed by atoms with Crippen LogP contribution in [0.15, 0.2) is 36.8 Å². The highest BCUT2D eigenvalue weighted by Crippen LogP contribution is 2.61. The van der Waals surface area contributed by atoms with Crippen molar-refractivity contribution in [1.29, 1.82) is 0 Å². The second kappa shape index (κ2) is 10.00. The van der Waals surface area contributed by atoms with E-state index in [-0.39, 0.29) is 40.7 Å². The minimum atomic E-state index is -5.47. The first-order valence-electron chi connectivity index (χ1n) is 14.1. The Labute approximate surface area is 259 Å². The number of hydrogen-bond acceptors (Lipinski definition) is 9. The number of aromatic nitrogens is 5. The largest absolute Gasteiger partial charge is 0.494 e. The van der Waals surface area contributed by atoms with Crippen molar-refractivity contribution >= 4 is 22.7 Å². The molecule has 3 aliphatic rings.